The van der Waals surface area contributed by atoms with Crippen molar-refractivity contribution in [2.45, 2.75) is 0 Å². The van der Waals surface area contributed by atoms with Gasteiger partial charge in [0.25, 0.3) is 5.56 Å². The predicted octanol–water partition coefficient (Wildman–Crippen LogP) is 2.81. The minimum absolute atomic E-state index is 0.0208. The van der Waals surface area contributed by atoms with E-state index in [4.69, 9.17) is 4.74 Å². The molecule has 2 aromatic heterocycles. The molecule has 0 radical (unpaired) electrons. The van der Waals surface area contributed by atoms with Gasteiger partial charge in [-0.2, -0.15) is 9.67 Å². The number of nitroso groups, excluding NO2 is 1. The molecule has 4 aromatic rings. The Bertz CT molecular complexity index is 1260. The van der Waals surface area contributed by atoms with Crippen LogP contribution in [0.1, 0.15) is 10.6 Å². The van der Waals surface area contributed by atoms with E-state index in [1.807, 2.05) is 12.1 Å². The van der Waals surface area contributed by atoms with Gasteiger partial charge in [0.2, 0.25) is 17.3 Å². The lowest BCUT2D eigenvalue weighted by molar-refractivity contribution is 0.0584. The highest BCUT2D eigenvalue weighted by molar-refractivity contribution is 5.86. The normalized spacial score (nSPS) is 10.7. The van der Waals surface area contributed by atoms with Gasteiger partial charge in [-0.25, -0.2) is 9.20 Å². The number of esters is 1. The standard InChI is InChI=1S/C19H14N6O4/c1-29-18(27)16-22-25(13-10-6-3-7-11-13)19-21-15(14(23-28)17(26)24(16)19)20-12-8-4-2-5-9-12/h2-11,20H,1H3. The smallest absolute Gasteiger partial charge is 0.376 e. The molecule has 144 valence electrons. The van der Waals surface area contributed by atoms with Crippen LogP contribution in [0.5, 0.6) is 0 Å². The summed E-state index contributed by atoms with van der Waals surface area (Å²) in [5, 5.41) is 9.93. The van der Waals surface area contributed by atoms with Crippen molar-refractivity contribution in [2.75, 3.05) is 12.4 Å². The number of benzene rings is 2. The summed E-state index contributed by atoms with van der Waals surface area (Å²) >= 11 is 0. The van der Waals surface area contributed by atoms with Crippen molar-refractivity contribution in [2.24, 2.45) is 5.18 Å². The van der Waals surface area contributed by atoms with Crippen molar-refractivity contribution >= 4 is 28.9 Å². The first-order valence-corrected chi connectivity index (χ1v) is 8.49. The Kier molecular flexibility index (Phi) is 4.57. The van der Waals surface area contributed by atoms with Crippen molar-refractivity contribution in [3.05, 3.63) is 81.7 Å². The number of carbonyl (C=O) groups is 1. The molecule has 0 saturated heterocycles. The van der Waals surface area contributed by atoms with Crippen molar-refractivity contribution in [3.63, 3.8) is 0 Å². The summed E-state index contributed by atoms with van der Waals surface area (Å²) in [5.74, 6) is -1.20. The van der Waals surface area contributed by atoms with Crippen molar-refractivity contribution in [1.82, 2.24) is 19.2 Å². The SMILES string of the molecule is COC(=O)c1nn(-c2ccccc2)c2nc(Nc3ccccc3)c(N=O)c(=O)n12. The lowest BCUT2D eigenvalue weighted by Crippen LogP contribution is -2.20. The zero-order valence-corrected chi connectivity index (χ0v) is 15.1. The van der Waals surface area contributed by atoms with Crippen molar-refractivity contribution in [3.8, 4) is 5.69 Å². The van der Waals surface area contributed by atoms with Crippen LogP contribution in [0, 0.1) is 4.91 Å². The zero-order chi connectivity index (χ0) is 20.4. The van der Waals surface area contributed by atoms with Crippen LogP contribution in [0.3, 0.4) is 0 Å². The molecule has 0 aliphatic rings. The number of ether oxygens (including phenoxy) is 1. The van der Waals surface area contributed by atoms with Gasteiger partial charge < -0.3 is 10.1 Å². The molecule has 0 bridgehead atoms. The Morgan fingerprint density at radius 3 is 2.34 bits per heavy atom. The monoisotopic (exact) mass is 390 g/mol. The molecule has 4 rings (SSSR count). The van der Waals surface area contributed by atoms with Gasteiger partial charge in [0.1, 0.15) is 0 Å². The third-order valence-electron chi connectivity index (χ3n) is 4.13. The number of para-hydroxylation sites is 2. The second-order valence-electron chi connectivity index (χ2n) is 5.89. The summed E-state index contributed by atoms with van der Waals surface area (Å²) in [7, 11) is 1.17. The van der Waals surface area contributed by atoms with Crippen molar-refractivity contribution < 1.29 is 9.53 Å². The minimum atomic E-state index is -0.853. The van der Waals surface area contributed by atoms with Crippen LogP contribution in [0.2, 0.25) is 0 Å². The second-order valence-corrected chi connectivity index (χ2v) is 5.89. The molecule has 2 aromatic carbocycles. The molecule has 0 aliphatic heterocycles. The lowest BCUT2D eigenvalue weighted by atomic mass is 10.3. The van der Waals surface area contributed by atoms with E-state index < -0.39 is 17.2 Å². The number of fused-ring (bicyclic) bond motifs is 1. The predicted molar refractivity (Wildman–Crippen MR) is 105 cm³/mol. The van der Waals surface area contributed by atoms with E-state index >= 15 is 0 Å². The summed E-state index contributed by atoms with van der Waals surface area (Å²) in [6.07, 6.45) is 0. The molecule has 0 amide bonds. The number of hydrogen-bond donors (Lipinski definition) is 1. The molecule has 0 fully saturated rings. The first-order valence-electron chi connectivity index (χ1n) is 8.49. The summed E-state index contributed by atoms with van der Waals surface area (Å²) in [4.78, 5) is 41.0. The summed E-state index contributed by atoms with van der Waals surface area (Å²) in [5.41, 5.74) is -0.160. The maximum Gasteiger partial charge on any atom is 0.376 e. The molecular weight excluding hydrogens is 376 g/mol. The van der Waals surface area contributed by atoms with E-state index in [-0.39, 0.29) is 17.4 Å². The van der Waals surface area contributed by atoms with Gasteiger partial charge in [-0.15, -0.1) is 10.0 Å². The lowest BCUT2D eigenvalue weighted by Gasteiger charge is -2.08. The zero-order valence-electron chi connectivity index (χ0n) is 15.1. The molecular formula is C19H14N6O4. The number of methoxy groups -OCH3 is 1. The summed E-state index contributed by atoms with van der Waals surface area (Å²) in [6, 6.07) is 17.7. The molecule has 10 heteroatoms. The topological polar surface area (TPSA) is 120 Å². The Morgan fingerprint density at radius 2 is 1.72 bits per heavy atom. The third-order valence-corrected chi connectivity index (χ3v) is 4.13. The molecule has 0 spiro atoms. The van der Waals surface area contributed by atoms with Crippen LogP contribution < -0.4 is 10.9 Å². The van der Waals surface area contributed by atoms with Crippen LogP contribution in [0.15, 0.2) is 70.6 Å². The first kappa shape index (κ1) is 18.0. The van der Waals surface area contributed by atoms with E-state index in [2.05, 4.69) is 20.6 Å². The molecule has 29 heavy (non-hydrogen) atoms. The Hall–Kier alpha value is -4.34. The second kappa shape index (κ2) is 7.35. The average molecular weight is 390 g/mol. The number of nitrogens with one attached hydrogen (secondary N) is 1. The molecule has 1 N–H and O–H groups in total. The van der Waals surface area contributed by atoms with Gasteiger partial charge in [-0.3, -0.25) is 4.79 Å². The molecule has 10 nitrogen and oxygen atoms in total. The summed E-state index contributed by atoms with van der Waals surface area (Å²) in [6.45, 7) is 0. The number of nitrogens with zero attached hydrogens (tertiary/aromatic N) is 5. The van der Waals surface area contributed by atoms with Gasteiger partial charge in [0, 0.05) is 5.69 Å². The van der Waals surface area contributed by atoms with Crippen LogP contribution >= 0.6 is 0 Å². The van der Waals surface area contributed by atoms with E-state index in [1.165, 1.54) is 11.8 Å². The van der Waals surface area contributed by atoms with Crippen LogP contribution in [0.4, 0.5) is 17.2 Å². The third kappa shape index (κ3) is 3.12. The van der Waals surface area contributed by atoms with Gasteiger partial charge in [-0.1, -0.05) is 36.4 Å². The minimum Gasteiger partial charge on any atom is -0.463 e. The Morgan fingerprint density at radius 1 is 1.07 bits per heavy atom. The van der Waals surface area contributed by atoms with Gasteiger partial charge in [0.05, 0.1) is 12.8 Å². The van der Waals surface area contributed by atoms with Gasteiger partial charge in [-0.05, 0) is 29.4 Å². The fourth-order valence-electron chi connectivity index (χ4n) is 2.81. The van der Waals surface area contributed by atoms with Crippen molar-refractivity contribution in [1.29, 1.82) is 0 Å². The first-order chi connectivity index (χ1) is 14.1. The summed E-state index contributed by atoms with van der Waals surface area (Å²) < 4.78 is 6.95. The van der Waals surface area contributed by atoms with Crippen LogP contribution in [0.25, 0.3) is 11.5 Å². The highest BCUT2D eigenvalue weighted by Crippen LogP contribution is 2.24. The van der Waals surface area contributed by atoms with Gasteiger partial charge >= 0.3 is 5.97 Å². The molecule has 2 heterocycles. The maximum absolute atomic E-state index is 13.0. The largest absolute Gasteiger partial charge is 0.463 e. The number of hydrogen-bond acceptors (Lipinski definition) is 8. The van der Waals surface area contributed by atoms with Crippen LogP contribution in [-0.4, -0.2) is 32.2 Å². The van der Waals surface area contributed by atoms with Crippen LogP contribution in [-0.2, 0) is 4.74 Å². The molecule has 0 atom stereocenters. The van der Waals surface area contributed by atoms with E-state index in [0.29, 0.717) is 11.4 Å². The molecule has 0 unspecified atom stereocenters. The quantitative estimate of drug-likeness (QED) is 0.411. The highest BCUT2D eigenvalue weighted by Gasteiger charge is 2.25. The number of carbonyl (C=O) groups excluding carboxylic acids is 1. The van der Waals surface area contributed by atoms with E-state index in [9.17, 15) is 14.5 Å². The van der Waals surface area contributed by atoms with E-state index in [1.54, 1.807) is 48.5 Å². The maximum atomic E-state index is 13.0. The fourth-order valence-corrected chi connectivity index (χ4v) is 2.81. The van der Waals surface area contributed by atoms with Gasteiger partial charge in [0.15, 0.2) is 5.82 Å². The van der Waals surface area contributed by atoms with E-state index in [0.717, 1.165) is 4.40 Å². The highest BCUT2D eigenvalue weighted by atomic mass is 16.5. The number of aromatic nitrogens is 4. The number of rotatable bonds is 5. The Labute approximate surface area is 163 Å². The molecule has 0 aliphatic carbocycles. The number of anilines is 2. The fraction of sp³-hybridized carbons (Fsp3) is 0.0526. The average Bonchev–Trinajstić information content (AvgIpc) is 3.14. The Balaban J connectivity index is 2.03. The molecule has 0 saturated carbocycles.